The van der Waals surface area contributed by atoms with Crippen LogP contribution in [0.25, 0.3) is 0 Å². The van der Waals surface area contributed by atoms with Gasteiger partial charge in [0.25, 0.3) is 5.91 Å². The van der Waals surface area contributed by atoms with Crippen LogP contribution in [0.1, 0.15) is 29.8 Å². The van der Waals surface area contributed by atoms with Gasteiger partial charge in [-0.15, -0.1) is 0 Å². The molecule has 0 saturated carbocycles. The van der Waals surface area contributed by atoms with E-state index in [1.165, 1.54) is 18.2 Å². The largest absolute Gasteiger partial charge is 0.507 e. The SMILES string of the molecule is CC(C)NC(=O)c1cc(C#N)ccc1O. The van der Waals surface area contributed by atoms with Gasteiger partial charge >= 0.3 is 0 Å². The Morgan fingerprint density at radius 2 is 2.20 bits per heavy atom. The second-order valence-electron chi connectivity index (χ2n) is 3.47. The number of amides is 1. The van der Waals surface area contributed by atoms with Gasteiger partial charge in [0.1, 0.15) is 5.75 Å². The predicted octanol–water partition coefficient (Wildman–Crippen LogP) is 1.40. The normalized spacial score (nSPS) is 9.73. The van der Waals surface area contributed by atoms with Crippen LogP contribution in [0.5, 0.6) is 5.75 Å². The monoisotopic (exact) mass is 204 g/mol. The minimum atomic E-state index is -0.375. The Hall–Kier alpha value is -2.02. The van der Waals surface area contributed by atoms with Gasteiger partial charge in [0.2, 0.25) is 0 Å². The smallest absolute Gasteiger partial charge is 0.255 e. The second kappa shape index (κ2) is 4.47. The summed E-state index contributed by atoms with van der Waals surface area (Å²) in [4.78, 5) is 11.6. The molecule has 4 heteroatoms. The van der Waals surface area contributed by atoms with Crippen molar-refractivity contribution < 1.29 is 9.90 Å². The summed E-state index contributed by atoms with van der Waals surface area (Å²) in [5.74, 6) is -0.494. The first kappa shape index (κ1) is 11.1. The lowest BCUT2D eigenvalue weighted by molar-refractivity contribution is 0.0940. The Morgan fingerprint density at radius 3 is 2.73 bits per heavy atom. The van der Waals surface area contributed by atoms with E-state index in [0.717, 1.165) is 0 Å². The van der Waals surface area contributed by atoms with Gasteiger partial charge in [0.05, 0.1) is 17.2 Å². The molecule has 0 saturated heterocycles. The molecule has 15 heavy (non-hydrogen) atoms. The first-order valence-corrected chi connectivity index (χ1v) is 4.58. The van der Waals surface area contributed by atoms with Crippen molar-refractivity contribution in [3.8, 4) is 11.8 Å². The Bertz CT molecular complexity index is 419. The van der Waals surface area contributed by atoms with E-state index in [4.69, 9.17) is 5.26 Å². The highest BCUT2D eigenvalue weighted by Crippen LogP contribution is 2.18. The van der Waals surface area contributed by atoms with Gasteiger partial charge in [-0.25, -0.2) is 0 Å². The number of carbonyl (C=O) groups is 1. The first-order valence-electron chi connectivity index (χ1n) is 4.58. The number of hydrogen-bond acceptors (Lipinski definition) is 3. The minimum absolute atomic E-state index is 0.0114. The van der Waals surface area contributed by atoms with Crippen LogP contribution in [-0.2, 0) is 0 Å². The van der Waals surface area contributed by atoms with E-state index in [9.17, 15) is 9.90 Å². The third-order valence-electron chi connectivity index (χ3n) is 1.79. The van der Waals surface area contributed by atoms with Crippen LogP contribution in [0.15, 0.2) is 18.2 Å². The van der Waals surface area contributed by atoms with Crippen molar-refractivity contribution in [2.24, 2.45) is 0 Å². The summed E-state index contributed by atoms with van der Waals surface area (Å²) < 4.78 is 0. The molecule has 0 bridgehead atoms. The van der Waals surface area contributed by atoms with Crippen molar-refractivity contribution in [2.75, 3.05) is 0 Å². The molecular formula is C11H12N2O2. The average Bonchev–Trinajstić information content (AvgIpc) is 2.17. The molecule has 0 atom stereocenters. The number of carbonyl (C=O) groups excluding carboxylic acids is 1. The molecule has 2 N–H and O–H groups in total. The summed E-state index contributed by atoms with van der Waals surface area (Å²) in [6.07, 6.45) is 0. The number of nitrogens with zero attached hydrogens (tertiary/aromatic N) is 1. The van der Waals surface area contributed by atoms with Gasteiger partial charge in [-0.05, 0) is 32.0 Å². The van der Waals surface area contributed by atoms with Crippen LogP contribution in [0.3, 0.4) is 0 Å². The van der Waals surface area contributed by atoms with Crippen molar-refractivity contribution in [1.82, 2.24) is 5.32 Å². The highest BCUT2D eigenvalue weighted by molar-refractivity contribution is 5.97. The summed E-state index contributed by atoms with van der Waals surface area (Å²) in [7, 11) is 0. The summed E-state index contributed by atoms with van der Waals surface area (Å²) in [6, 6.07) is 6.07. The van der Waals surface area contributed by atoms with E-state index in [1.807, 2.05) is 19.9 Å². The number of nitrogens with one attached hydrogen (secondary N) is 1. The molecule has 0 unspecified atom stereocenters. The van der Waals surface area contributed by atoms with Crippen LogP contribution in [0, 0.1) is 11.3 Å². The summed E-state index contributed by atoms with van der Waals surface area (Å²) in [6.45, 7) is 3.65. The Kier molecular flexibility index (Phi) is 3.29. The van der Waals surface area contributed by atoms with E-state index in [1.54, 1.807) is 0 Å². The highest BCUT2D eigenvalue weighted by Gasteiger charge is 2.12. The van der Waals surface area contributed by atoms with Crippen molar-refractivity contribution in [3.05, 3.63) is 29.3 Å². The minimum Gasteiger partial charge on any atom is -0.507 e. The molecule has 0 aliphatic carbocycles. The Balaban J connectivity index is 3.03. The zero-order valence-electron chi connectivity index (χ0n) is 8.61. The van der Waals surface area contributed by atoms with E-state index < -0.39 is 0 Å². The lowest BCUT2D eigenvalue weighted by Crippen LogP contribution is -2.30. The van der Waals surface area contributed by atoms with Crippen molar-refractivity contribution in [1.29, 1.82) is 5.26 Å². The zero-order valence-corrected chi connectivity index (χ0v) is 8.61. The predicted molar refractivity (Wildman–Crippen MR) is 55.4 cm³/mol. The van der Waals surface area contributed by atoms with Gasteiger partial charge in [0, 0.05) is 6.04 Å². The molecule has 4 nitrogen and oxygen atoms in total. The second-order valence-corrected chi connectivity index (χ2v) is 3.47. The van der Waals surface area contributed by atoms with Gasteiger partial charge in [-0.3, -0.25) is 4.79 Å². The highest BCUT2D eigenvalue weighted by atomic mass is 16.3. The lowest BCUT2D eigenvalue weighted by atomic mass is 10.1. The number of phenols is 1. The number of hydrogen-bond donors (Lipinski definition) is 2. The van der Waals surface area contributed by atoms with E-state index in [-0.39, 0.29) is 23.3 Å². The van der Waals surface area contributed by atoms with Crippen molar-refractivity contribution >= 4 is 5.91 Å². The maximum absolute atomic E-state index is 11.6. The fourth-order valence-electron chi connectivity index (χ4n) is 1.13. The van der Waals surface area contributed by atoms with Gasteiger partial charge in [-0.2, -0.15) is 5.26 Å². The fourth-order valence-corrected chi connectivity index (χ4v) is 1.13. The standard InChI is InChI=1S/C11H12N2O2/c1-7(2)13-11(15)9-5-8(6-12)3-4-10(9)14/h3-5,7,14H,1-2H3,(H,13,15). The molecular weight excluding hydrogens is 192 g/mol. The third-order valence-corrected chi connectivity index (χ3v) is 1.79. The van der Waals surface area contributed by atoms with Gasteiger partial charge in [0.15, 0.2) is 0 Å². The fraction of sp³-hybridized carbons (Fsp3) is 0.273. The van der Waals surface area contributed by atoms with Gasteiger partial charge in [-0.1, -0.05) is 0 Å². The topological polar surface area (TPSA) is 73.1 Å². The molecule has 1 rings (SSSR count). The van der Waals surface area contributed by atoms with Crippen LogP contribution in [-0.4, -0.2) is 17.1 Å². The van der Waals surface area contributed by atoms with Gasteiger partial charge < -0.3 is 10.4 Å². The lowest BCUT2D eigenvalue weighted by Gasteiger charge is -2.09. The van der Waals surface area contributed by atoms with Crippen LogP contribution < -0.4 is 5.32 Å². The average molecular weight is 204 g/mol. The van der Waals surface area contributed by atoms with Crippen LogP contribution in [0.4, 0.5) is 0 Å². The molecule has 0 heterocycles. The third kappa shape index (κ3) is 2.71. The molecule has 0 aromatic heterocycles. The maximum atomic E-state index is 11.6. The molecule has 78 valence electrons. The molecule has 0 aliphatic heterocycles. The van der Waals surface area contributed by atoms with E-state index in [2.05, 4.69) is 5.32 Å². The molecule has 1 aromatic carbocycles. The molecule has 0 aliphatic rings. The van der Waals surface area contributed by atoms with Crippen LogP contribution in [0.2, 0.25) is 0 Å². The first-order chi connectivity index (χ1) is 7.04. The van der Waals surface area contributed by atoms with Crippen molar-refractivity contribution in [2.45, 2.75) is 19.9 Å². The van der Waals surface area contributed by atoms with Crippen LogP contribution >= 0.6 is 0 Å². The molecule has 1 amide bonds. The number of rotatable bonds is 2. The summed E-state index contributed by atoms with van der Waals surface area (Å²) >= 11 is 0. The summed E-state index contributed by atoms with van der Waals surface area (Å²) in [5.41, 5.74) is 0.476. The van der Waals surface area contributed by atoms with E-state index >= 15 is 0 Å². The molecule has 1 aromatic rings. The number of phenolic OH excluding ortho intramolecular Hbond substituents is 1. The number of benzene rings is 1. The Morgan fingerprint density at radius 1 is 1.53 bits per heavy atom. The zero-order chi connectivity index (χ0) is 11.4. The maximum Gasteiger partial charge on any atom is 0.255 e. The molecule has 0 radical (unpaired) electrons. The molecule has 0 fully saturated rings. The number of aromatic hydroxyl groups is 1. The summed E-state index contributed by atoms with van der Waals surface area (Å²) in [5, 5.41) is 20.7. The van der Waals surface area contributed by atoms with E-state index in [0.29, 0.717) is 5.56 Å². The Labute approximate surface area is 88.2 Å². The van der Waals surface area contributed by atoms with Crippen molar-refractivity contribution in [3.63, 3.8) is 0 Å². The molecule has 0 spiro atoms. The quantitative estimate of drug-likeness (QED) is 0.764. The number of nitriles is 1.